The topological polar surface area (TPSA) is 77.2 Å². The Morgan fingerprint density at radius 2 is 2.04 bits per heavy atom. The van der Waals surface area contributed by atoms with Gasteiger partial charge in [-0.05, 0) is 30.3 Å². The van der Waals surface area contributed by atoms with Gasteiger partial charge >= 0.3 is 5.97 Å². The van der Waals surface area contributed by atoms with E-state index in [1.165, 1.54) is 13.4 Å². The Bertz CT molecular complexity index is 1130. The van der Waals surface area contributed by atoms with Crippen molar-refractivity contribution >= 4 is 39.8 Å². The van der Waals surface area contributed by atoms with Gasteiger partial charge in [0.05, 0.1) is 41.3 Å². The minimum Gasteiger partial charge on any atom is -0.465 e. The molecule has 0 aliphatic carbocycles. The van der Waals surface area contributed by atoms with Gasteiger partial charge in [-0.2, -0.15) is 0 Å². The lowest BCUT2D eigenvalue weighted by molar-refractivity contribution is 0.0602. The molecule has 6 nitrogen and oxygen atoms in total. The SMILES string of the molecule is COC(=O)c1ccccc1Nc1c(-c2ncco2)cnc2ccc(Cl)cc12. The van der Waals surface area contributed by atoms with E-state index in [1.807, 2.05) is 12.1 Å². The van der Waals surface area contributed by atoms with Crippen LogP contribution in [-0.4, -0.2) is 23.0 Å². The standard InChI is InChI=1S/C20H14ClN3O3/c1-26-20(25)13-4-2-3-5-17(13)24-18-14-10-12(21)6-7-16(14)23-11-15(18)19-22-8-9-27-19/h2-11H,1H3,(H,23,24). The molecular formula is C20H14ClN3O3. The van der Waals surface area contributed by atoms with Crippen molar-refractivity contribution in [2.24, 2.45) is 0 Å². The number of nitrogens with zero attached hydrogens (tertiary/aromatic N) is 2. The van der Waals surface area contributed by atoms with Crippen LogP contribution in [0.5, 0.6) is 0 Å². The van der Waals surface area contributed by atoms with Crippen molar-refractivity contribution in [3.8, 4) is 11.5 Å². The van der Waals surface area contributed by atoms with E-state index in [9.17, 15) is 4.79 Å². The number of methoxy groups -OCH3 is 1. The van der Waals surface area contributed by atoms with Crippen molar-refractivity contribution in [3.63, 3.8) is 0 Å². The number of rotatable bonds is 4. The summed E-state index contributed by atoms with van der Waals surface area (Å²) in [7, 11) is 1.35. The number of oxazole rings is 1. The number of pyridine rings is 1. The summed E-state index contributed by atoms with van der Waals surface area (Å²) < 4.78 is 10.3. The molecule has 0 unspecified atom stereocenters. The van der Waals surface area contributed by atoms with Gasteiger partial charge in [0.1, 0.15) is 6.26 Å². The first-order valence-corrected chi connectivity index (χ1v) is 8.47. The number of ether oxygens (including phenoxy) is 1. The second kappa shape index (κ2) is 7.09. The van der Waals surface area contributed by atoms with Crippen molar-refractivity contribution in [3.05, 3.63) is 71.7 Å². The molecule has 0 aliphatic rings. The fraction of sp³-hybridized carbons (Fsp3) is 0.0500. The Labute approximate surface area is 159 Å². The number of carbonyl (C=O) groups is 1. The van der Waals surface area contributed by atoms with Crippen molar-refractivity contribution < 1.29 is 13.9 Å². The van der Waals surface area contributed by atoms with Crippen LogP contribution in [0.1, 0.15) is 10.4 Å². The summed E-state index contributed by atoms with van der Waals surface area (Å²) in [6.45, 7) is 0. The zero-order valence-corrected chi connectivity index (χ0v) is 15.0. The van der Waals surface area contributed by atoms with E-state index < -0.39 is 5.97 Å². The van der Waals surface area contributed by atoms with Crippen LogP contribution in [-0.2, 0) is 4.74 Å². The van der Waals surface area contributed by atoms with Gasteiger partial charge in [0.2, 0.25) is 5.89 Å². The summed E-state index contributed by atoms with van der Waals surface area (Å²) >= 11 is 6.21. The molecule has 4 aromatic rings. The molecule has 2 aromatic heterocycles. The van der Waals surface area contributed by atoms with Gasteiger partial charge in [0.25, 0.3) is 0 Å². The van der Waals surface area contributed by atoms with Crippen LogP contribution >= 0.6 is 11.6 Å². The van der Waals surface area contributed by atoms with Crippen LogP contribution < -0.4 is 5.32 Å². The highest BCUT2D eigenvalue weighted by atomic mass is 35.5. The number of benzene rings is 2. The van der Waals surface area contributed by atoms with E-state index in [1.54, 1.807) is 42.7 Å². The van der Waals surface area contributed by atoms with E-state index in [4.69, 9.17) is 20.8 Å². The summed E-state index contributed by atoms with van der Waals surface area (Å²) in [6.07, 6.45) is 4.72. The number of hydrogen-bond acceptors (Lipinski definition) is 6. The highest BCUT2D eigenvalue weighted by molar-refractivity contribution is 6.31. The Morgan fingerprint density at radius 3 is 2.81 bits per heavy atom. The van der Waals surface area contributed by atoms with Crippen LogP contribution in [0.4, 0.5) is 11.4 Å². The number of halogens is 1. The molecule has 0 aliphatic heterocycles. The first-order valence-electron chi connectivity index (χ1n) is 8.10. The van der Waals surface area contributed by atoms with Crippen molar-refractivity contribution in [1.82, 2.24) is 9.97 Å². The minimum absolute atomic E-state index is 0.405. The Morgan fingerprint density at radius 1 is 1.19 bits per heavy atom. The Hall–Kier alpha value is -3.38. The summed E-state index contributed by atoms with van der Waals surface area (Å²) in [5, 5.41) is 4.66. The Kier molecular flexibility index (Phi) is 4.48. The number of aromatic nitrogens is 2. The maximum atomic E-state index is 12.1. The van der Waals surface area contributed by atoms with E-state index in [0.29, 0.717) is 33.4 Å². The molecule has 0 saturated heterocycles. The Balaban J connectivity index is 1.94. The third-order valence-electron chi connectivity index (χ3n) is 4.08. The third-order valence-corrected chi connectivity index (χ3v) is 4.32. The number of para-hydroxylation sites is 1. The van der Waals surface area contributed by atoms with Crippen LogP contribution in [0.25, 0.3) is 22.4 Å². The highest BCUT2D eigenvalue weighted by Crippen LogP contribution is 2.36. The average Bonchev–Trinajstić information content (AvgIpc) is 3.22. The molecule has 2 aromatic carbocycles. The molecule has 0 spiro atoms. The van der Waals surface area contributed by atoms with Crippen molar-refractivity contribution in [2.45, 2.75) is 0 Å². The van der Waals surface area contributed by atoms with E-state index in [-0.39, 0.29) is 0 Å². The van der Waals surface area contributed by atoms with Gasteiger partial charge in [0.15, 0.2) is 0 Å². The molecule has 0 radical (unpaired) electrons. The number of anilines is 2. The summed E-state index contributed by atoms with van der Waals surface area (Å²) in [5.41, 5.74) is 3.07. The van der Waals surface area contributed by atoms with E-state index in [0.717, 1.165) is 10.9 Å². The zero-order valence-electron chi connectivity index (χ0n) is 14.3. The second-order valence-electron chi connectivity index (χ2n) is 5.71. The molecule has 1 N–H and O–H groups in total. The maximum Gasteiger partial charge on any atom is 0.339 e. The minimum atomic E-state index is -0.438. The fourth-order valence-corrected chi connectivity index (χ4v) is 3.00. The van der Waals surface area contributed by atoms with Gasteiger partial charge in [-0.1, -0.05) is 23.7 Å². The average molecular weight is 380 g/mol. The normalized spacial score (nSPS) is 10.7. The summed E-state index contributed by atoms with van der Waals surface area (Å²) in [4.78, 5) is 20.8. The maximum absolute atomic E-state index is 12.1. The van der Waals surface area contributed by atoms with Gasteiger partial charge in [-0.3, -0.25) is 4.98 Å². The molecular weight excluding hydrogens is 366 g/mol. The van der Waals surface area contributed by atoms with Gasteiger partial charge in [-0.15, -0.1) is 0 Å². The van der Waals surface area contributed by atoms with E-state index >= 15 is 0 Å². The highest BCUT2D eigenvalue weighted by Gasteiger charge is 2.18. The molecule has 0 amide bonds. The quantitative estimate of drug-likeness (QED) is 0.498. The number of fused-ring (bicyclic) bond motifs is 1. The van der Waals surface area contributed by atoms with Crippen LogP contribution in [0.3, 0.4) is 0 Å². The first kappa shape index (κ1) is 17.1. The molecule has 0 atom stereocenters. The monoisotopic (exact) mass is 379 g/mol. The molecule has 2 heterocycles. The third kappa shape index (κ3) is 3.22. The molecule has 134 valence electrons. The second-order valence-corrected chi connectivity index (χ2v) is 6.14. The predicted octanol–water partition coefficient (Wildman–Crippen LogP) is 5.07. The fourth-order valence-electron chi connectivity index (χ4n) is 2.83. The lowest BCUT2D eigenvalue weighted by atomic mass is 10.1. The number of nitrogens with one attached hydrogen (secondary N) is 1. The van der Waals surface area contributed by atoms with Gasteiger partial charge in [0, 0.05) is 16.6 Å². The number of hydrogen-bond donors (Lipinski definition) is 1. The summed E-state index contributed by atoms with van der Waals surface area (Å²) in [6, 6.07) is 12.5. The molecule has 27 heavy (non-hydrogen) atoms. The molecule has 0 saturated carbocycles. The van der Waals surface area contributed by atoms with Gasteiger partial charge < -0.3 is 14.5 Å². The number of carbonyl (C=O) groups excluding carboxylic acids is 1. The van der Waals surface area contributed by atoms with Crippen LogP contribution in [0, 0.1) is 0 Å². The molecule has 7 heteroatoms. The van der Waals surface area contributed by atoms with Crippen LogP contribution in [0.2, 0.25) is 5.02 Å². The predicted molar refractivity (Wildman–Crippen MR) is 103 cm³/mol. The first-order chi connectivity index (χ1) is 13.2. The number of esters is 1. The van der Waals surface area contributed by atoms with Gasteiger partial charge in [-0.25, -0.2) is 9.78 Å². The summed E-state index contributed by atoms with van der Waals surface area (Å²) in [5.74, 6) is -0.0328. The smallest absolute Gasteiger partial charge is 0.339 e. The lowest BCUT2D eigenvalue weighted by Crippen LogP contribution is -2.06. The van der Waals surface area contributed by atoms with E-state index in [2.05, 4.69) is 15.3 Å². The largest absolute Gasteiger partial charge is 0.465 e. The van der Waals surface area contributed by atoms with Crippen molar-refractivity contribution in [1.29, 1.82) is 0 Å². The molecule has 4 rings (SSSR count). The van der Waals surface area contributed by atoms with Crippen molar-refractivity contribution in [2.75, 3.05) is 12.4 Å². The molecule has 0 fully saturated rings. The van der Waals surface area contributed by atoms with Crippen LogP contribution in [0.15, 0.2) is 65.5 Å². The zero-order chi connectivity index (χ0) is 18.8. The molecule has 0 bridgehead atoms. The lowest BCUT2D eigenvalue weighted by Gasteiger charge is -2.15.